The first-order valence-electron chi connectivity index (χ1n) is 9.86. The second kappa shape index (κ2) is 18.0. The fourth-order valence-electron chi connectivity index (χ4n) is 3.00. The van der Waals surface area contributed by atoms with Crippen LogP contribution in [0.4, 0.5) is 0 Å². The molecule has 0 aliphatic carbocycles. The van der Waals surface area contributed by atoms with Gasteiger partial charge in [0.15, 0.2) is 0 Å². The summed E-state index contributed by atoms with van der Waals surface area (Å²) in [5, 5.41) is 0. The van der Waals surface area contributed by atoms with Gasteiger partial charge in [-0.1, -0.05) is 104 Å². The average Bonchev–Trinajstić information content (AvgIpc) is 2.51. The molecule has 0 aromatic carbocycles. The number of hydrogen-bond acceptors (Lipinski definition) is 1. The molecule has 0 aliphatic heterocycles. The van der Waals surface area contributed by atoms with E-state index in [1.807, 2.05) is 0 Å². The van der Waals surface area contributed by atoms with Gasteiger partial charge >= 0.3 is 0 Å². The van der Waals surface area contributed by atoms with Gasteiger partial charge in [0.2, 0.25) is 0 Å². The van der Waals surface area contributed by atoms with E-state index in [9.17, 15) is 0 Å². The van der Waals surface area contributed by atoms with Gasteiger partial charge < -0.3 is 4.90 Å². The van der Waals surface area contributed by atoms with E-state index in [2.05, 4.69) is 25.7 Å². The summed E-state index contributed by atoms with van der Waals surface area (Å²) in [6.07, 6.45) is 19.8. The molecule has 0 saturated carbocycles. The Morgan fingerprint density at radius 3 is 1.19 bits per heavy atom. The van der Waals surface area contributed by atoms with Crippen molar-refractivity contribution in [3.8, 4) is 0 Å². The lowest BCUT2D eigenvalue weighted by molar-refractivity contribution is 0.295. The van der Waals surface area contributed by atoms with Crippen LogP contribution in [0.3, 0.4) is 0 Å². The molecule has 0 saturated heterocycles. The zero-order chi connectivity index (χ0) is 15.6. The molecular formula is C20H42N. The van der Waals surface area contributed by atoms with Gasteiger partial charge in [0, 0.05) is 0 Å². The average molecular weight is 297 g/mol. The van der Waals surface area contributed by atoms with E-state index in [-0.39, 0.29) is 0 Å². The van der Waals surface area contributed by atoms with Gasteiger partial charge in [-0.25, -0.2) is 0 Å². The highest BCUT2D eigenvalue weighted by molar-refractivity contribution is 4.54. The molecule has 1 heteroatoms. The molecule has 0 unspecified atom stereocenters. The van der Waals surface area contributed by atoms with Crippen LogP contribution in [0.2, 0.25) is 0 Å². The standard InChI is InChI=1S/C20H42N/c1-4-7-8-9-10-11-12-13-14-15-16-17-18-19-20-21(5-2)6-3/h1,4-20H2,2-3H3. The molecule has 0 aromatic rings. The normalized spacial score (nSPS) is 11.4. The summed E-state index contributed by atoms with van der Waals surface area (Å²) >= 11 is 0. The molecule has 127 valence electrons. The van der Waals surface area contributed by atoms with Crippen LogP contribution in [0.5, 0.6) is 0 Å². The van der Waals surface area contributed by atoms with Crippen molar-refractivity contribution in [2.75, 3.05) is 19.6 Å². The highest BCUT2D eigenvalue weighted by atomic mass is 15.1. The van der Waals surface area contributed by atoms with Gasteiger partial charge in [-0.3, -0.25) is 0 Å². The Labute approximate surface area is 135 Å². The van der Waals surface area contributed by atoms with Crippen LogP contribution in [-0.2, 0) is 0 Å². The molecule has 1 radical (unpaired) electrons. The van der Waals surface area contributed by atoms with Crippen LogP contribution in [0.15, 0.2) is 0 Å². The van der Waals surface area contributed by atoms with E-state index >= 15 is 0 Å². The topological polar surface area (TPSA) is 3.24 Å². The molecule has 0 amide bonds. The van der Waals surface area contributed by atoms with Crippen molar-refractivity contribution in [3.05, 3.63) is 6.92 Å². The van der Waals surface area contributed by atoms with Crippen LogP contribution in [0.25, 0.3) is 0 Å². The Morgan fingerprint density at radius 2 is 0.857 bits per heavy atom. The fraction of sp³-hybridized carbons (Fsp3) is 0.950. The van der Waals surface area contributed by atoms with E-state index in [1.54, 1.807) is 0 Å². The Bertz CT molecular complexity index is 175. The Kier molecular flexibility index (Phi) is 18.0. The Hall–Kier alpha value is -0.0400. The monoisotopic (exact) mass is 296 g/mol. The van der Waals surface area contributed by atoms with Crippen molar-refractivity contribution < 1.29 is 0 Å². The summed E-state index contributed by atoms with van der Waals surface area (Å²) in [6, 6.07) is 0. The van der Waals surface area contributed by atoms with Crippen LogP contribution in [-0.4, -0.2) is 24.5 Å². The molecule has 0 aliphatic rings. The number of hydrogen-bond donors (Lipinski definition) is 0. The minimum Gasteiger partial charge on any atom is -0.304 e. The zero-order valence-electron chi connectivity index (χ0n) is 15.2. The molecule has 0 atom stereocenters. The first-order chi connectivity index (χ1) is 10.3. The lowest BCUT2D eigenvalue weighted by Gasteiger charge is -2.17. The van der Waals surface area contributed by atoms with Gasteiger partial charge in [-0.15, -0.1) is 0 Å². The second-order valence-electron chi connectivity index (χ2n) is 6.48. The quantitative estimate of drug-likeness (QED) is 0.272. The third kappa shape index (κ3) is 16.2. The maximum Gasteiger partial charge on any atom is -0.00190 e. The summed E-state index contributed by atoms with van der Waals surface area (Å²) < 4.78 is 0. The molecule has 0 fully saturated rings. The third-order valence-electron chi connectivity index (χ3n) is 4.62. The summed E-state index contributed by atoms with van der Waals surface area (Å²) in [7, 11) is 0. The van der Waals surface area contributed by atoms with E-state index < -0.39 is 0 Å². The molecule has 0 rings (SSSR count). The van der Waals surface area contributed by atoms with E-state index in [4.69, 9.17) is 0 Å². The van der Waals surface area contributed by atoms with Crippen LogP contribution in [0, 0.1) is 6.92 Å². The third-order valence-corrected chi connectivity index (χ3v) is 4.62. The zero-order valence-corrected chi connectivity index (χ0v) is 15.2. The van der Waals surface area contributed by atoms with E-state index in [0.29, 0.717) is 0 Å². The van der Waals surface area contributed by atoms with Crippen LogP contribution >= 0.6 is 0 Å². The SMILES string of the molecule is [CH2]CCCCCCCCCCCCCCCN(CC)CC. The Balaban J connectivity index is 3.02. The minimum atomic E-state index is 1.12. The van der Waals surface area contributed by atoms with Gasteiger partial charge in [0.05, 0.1) is 0 Å². The molecule has 0 heterocycles. The van der Waals surface area contributed by atoms with Crippen molar-refractivity contribution in [3.63, 3.8) is 0 Å². The van der Waals surface area contributed by atoms with E-state index in [1.165, 1.54) is 103 Å². The smallest absolute Gasteiger partial charge is 0.00190 e. The van der Waals surface area contributed by atoms with Crippen LogP contribution < -0.4 is 0 Å². The second-order valence-corrected chi connectivity index (χ2v) is 6.48. The molecule has 0 bridgehead atoms. The van der Waals surface area contributed by atoms with Crippen molar-refractivity contribution in [2.24, 2.45) is 0 Å². The number of rotatable bonds is 17. The molecule has 0 spiro atoms. The summed E-state index contributed by atoms with van der Waals surface area (Å²) in [5.74, 6) is 0. The maximum absolute atomic E-state index is 3.89. The van der Waals surface area contributed by atoms with Crippen molar-refractivity contribution >= 4 is 0 Å². The lowest BCUT2D eigenvalue weighted by Crippen LogP contribution is -2.23. The molecular weight excluding hydrogens is 254 g/mol. The van der Waals surface area contributed by atoms with Crippen molar-refractivity contribution in [2.45, 2.75) is 104 Å². The van der Waals surface area contributed by atoms with Gasteiger partial charge in [0.1, 0.15) is 0 Å². The predicted molar refractivity (Wildman–Crippen MR) is 97.8 cm³/mol. The van der Waals surface area contributed by atoms with Gasteiger partial charge in [-0.05, 0) is 26.1 Å². The number of nitrogens with zero attached hydrogens (tertiary/aromatic N) is 1. The Morgan fingerprint density at radius 1 is 0.524 bits per heavy atom. The maximum atomic E-state index is 3.89. The summed E-state index contributed by atoms with van der Waals surface area (Å²) in [5.41, 5.74) is 0. The first-order valence-corrected chi connectivity index (χ1v) is 9.86. The highest BCUT2D eigenvalue weighted by Gasteiger charge is 1.98. The van der Waals surface area contributed by atoms with Gasteiger partial charge in [-0.2, -0.15) is 0 Å². The number of unbranched alkanes of at least 4 members (excludes halogenated alkanes) is 13. The lowest BCUT2D eigenvalue weighted by atomic mass is 10.0. The molecule has 0 aromatic heterocycles. The molecule has 0 N–H and O–H groups in total. The van der Waals surface area contributed by atoms with Crippen LogP contribution in [0.1, 0.15) is 104 Å². The fourth-order valence-corrected chi connectivity index (χ4v) is 3.00. The van der Waals surface area contributed by atoms with Crippen molar-refractivity contribution in [1.82, 2.24) is 4.90 Å². The van der Waals surface area contributed by atoms with E-state index in [0.717, 1.165) is 6.42 Å². The highest BCUT2D eigenvalue weighted by Crippen LogP contribution is 2.13. The molecule has 1 nitrogen and oxygen atoms in total. The summed E-state index contributed by atoms with van der Waals surface area (Å²) in [6.45, 7) is 12.2. The van der Waals surface area contributed by atoms with Crippen molar-refractivity contribution in [1.29, 1.82) is 0 Å². The minimum absolute atomic E-state index is 1.12. The van der Waals surface area contributed by atoms with Gasteiger partial charge in [0.25, 0.3) is 0 Å². The predicted octanol–water partition coefficient (Wildman–Crippen LogP) is 6.62. The molecule has 21 heavy (non-hydrogen) atoms. The summed E-state index contributed by atoms with van der Waals surface area (Å²) in [4.78, 5) is 2.54. The first kappa shape index (κ1) is 21.0. The largest absolute Gasteiger partial charge is 0.304 e.